The van der Waals surface area contributed by atoms with Gasteiger partial charge in [-0.2, -0.15) is 0 Å². The van der Waals surface area contributed by atoms with E-state index in [1.165, 1.54) is 0 Å². The van der Waals surface area contributed by atoms with E-state index in [9.17, 15) is 4.79 Å². The lowest BCUT2D eigenvalue weighted by Gasteiger charge is -2.09. The van der Waals surface area contributed by atoms with Crippen molar-refractivity contribution in [2.75, 3.05) is 13.2 Å². The Balaban J connectivity index is 1.71. The number of carbonyl (C=O) groups excluding carboxylic acids is 1. The lowest BCUT2D eigenvalue weighted by atomic mass is 10.1. The molecule has 110 valence electrons. The van der Waals surface area contributed by atoms with Crippen LogP contribution >= 0.6 is 27.5 Å². The second kappa shape index (κ2) is 8.05. The summed E-state index contributed by atoms with van der Waals surface area (Å²) in [5.41, 5.74) is 0.967. The van der Waals surface area contributed by atoms with E-state index in [4.69, 9.17) is 16.3 Å². The van der Waals surface area contributed by atoms with Gasteiger partial charge >= 0.3 is 0 Å². The molecule has 0 aliphatic rings. The van der Waals surface area contributed by atoms with Crippen LogP contribution in [-0.2, 0) is 11.2 Å². The van der Waals surface area contributed by atoms with Crippen molar-refractivity contribution in [3.05, 3.63) is 63.6 Å². The van der Waals surface area contributed by atoms with Crippen molar-refractivity contribution in [2.24, 2.45) is 0 Å². The predicted octanol–water partition coefficient (Wildman–Crippen LogP) is 3.84. The number of halogens is 2. The number of hydrogen-bond donors (Lipinski definition) is 1. The molecule has 0 aliphatic carbocycles. The van der Waals surface area contributed by atoms with E-state index < -0.39 is 0 Å². The van der Waals surface area contributed by atoms with Gasteiger partial charge in [-0.3, -0.25) is 4.79 Å². The Morgan fingerprint density at radius 1 is 1.19 bits per heavy atom. The maximum atomic E-state index is 11.8. The first-order chi connectivity index (χ1) is 10.1. The third-order valence-corrected chi connectivity index (χ3v) is 3.58. The van der Waals surface area contributed by atoms with E-state index in [1.54, 1.807) is 12.1 Å². The molecule has 2 rings (SSSR count). The van der Waals surface area contributed by atoms with Crippen molar-refractivity contribution >= 4 is 33.4 Å². The van der Waals surface area contributed by atoms with Crippen molar-refractivity contribution < 1.29 is 9.53 Å². The Bertz CT molecular complexity index is 619. The van der Waals surface area contributed by atoms with Gasteiger partial charge in [-0.15, -0.1) is 0 Å². The van der Waals surface area contributed by atoms with E-state index >= 15 is 0 Å². The van der Waals surface area contributed by atoms with Crippen LogP contribution in [0.3, 0.4) is 0 Å². The molecule has 1 amide bonds. The molecule has 2 aromatic carbocycles. The minimum Gasteiger partial charge on any atom is -0.490 e. The van der Waals surface area contributed by atoms with E-state index in [0.29, 0.717) is 30.3 Å². The molecule has 21 heavy (non-hydrogen) atoms. The molecule has 1 N–H and O–H groups in total. The number of benzene rings is 2. The Morgan fingerprint density at radius 2 is 2.00 bits per heavy atom. The van der Waals surface area contributed by atoms with Gasteiger partial charge in [0.2, 0.25) is 5.91 Å². The van der Waals surface area contributed by atoms with Gasteiger partial charge in [-0.1, -0.05) is 51.8 Å². The van der Waals surface area contributed by atoms with Gasteiger partial charge in [0.05, 0.1) is 18.0 Å². The van der Waals surface area contributed by atoms with Crippen LogP contribution < -0.4 is 10.1 Å². The molecule has 2 aromatic rings. The normalized spacial score (nSPS) is 10.2. The van der Waals surface area contributed by atoms with Gasteiger partial charge in [-0.05, 0) is 29.8 Å². The number of ether oxygens (including phenoxy) is 1. The van der Waals surface area contributed by atoms with Crippen LogP contribution in [0.15, 0.2) is 53.0 Å². The summed E-state index contributed by atoms with van der Waals surface area (Å²) in [5, 5.41) is 3.39. The monoisotopic (exact) mass is 367 g/mol. The first kappa shape index (κ1) is 15.9. The summed E-state index contributed by atoms with van der Waals surface area (Å²) in [5.74, 6) is 0.594. The summed E-state index contributed by atoms with van der Waals surface area (Å²) >= 11 is 9.36. The van der Waals surface area contributed by atoms with E-state index in [-0.39, 0.29) is 5.91 Å². The van der Waals surface area contributed by atoms with Crippen LogP contribution in [0.25, 0.3) is 0 Å². The van der Waals surface area contributed by atoms with Gasteiger partial charge in [0, 0.05) is 4.47 Å². The van der Waals surface area contributed by atoms with Gasteiger partial charge in [0.25, 0.3) is 0 Å². The summed E-state index contributed by atoms with van der Waals surface area (Å²) in [6, 6.07) is 15.0. The van der Waals surface area contributed by atoms with E-state index in [0.717, 1.165) is 10.0 Å². The molecule has 0 radical (unpaired) electrons. The largest absolute Gasteiger partial charge is 0.490 e. The maximum Gasteiger partial charge on any atom is 0.224 e. The third kappa shape index (κ3) is 5.40. The van der Waals surface area contributed by atoms with Crippen molar-refractivity contribution in [3.8, 4) is 5.75 Å². The van der Waals surface area contributed by atoms with Crippen molar-refractivity contribution in [1.29, 1.82) is 0 Å². The number of carbonyl (C=O) groups is 1. The van der Waals surface area contributed by atoms with Crippen LogP contribution in [0.2, 0.25) is 5.02 Å². The zero-order valence-corrected chi connectivity index (χ0v) is 13.7. The minimum absolute atomic E-state index is 0.0316. The Kier molecular flexibility index (Phi) is 6.08. The fourth-order valence-electron chi connectivity index (χ4n) is 1.81. The molecule has 0 fully saturated rings. The zero-order chi connectivity index (χ0) is 15.1. The van der Waals surface area contributed by atoms with Crippen molar-refractivity contribution in [1.82, 2.24) is 5.32 Å². The second-order valence-corrected chi connectivity index (χ2v) is 5.76. The molecule has 0 heterocycles. The summed E-state index contributed by atoms with van der Waals surface area (Å²) in [6.07, 6.45) is 0.353. The van der Waals surface area contributed by atoms with Gasteiger partial charge in [0.15, 0.2) is 0 Å². The van der Waals surface area contributed by atoms with Crippen molar-refractivity contribution in [2.45, 2.75) is 6.42 Å². The summed E-state index contributed by atoms with van der Waals surface area (Å²) < 4.78 is 6.47. The fourth-order valence-corrected chi connectivity index (χ4v) is 2.44. The van der Waals surface area contributed by atoms with Gasteiger partial charge in [-0.25, -0.2) is 0 Å². The highest BCUT2D eigenvalue weighted by Crippen LogP contribution is 2.22. The second-order valence-electron chi connectivity index (χ2n) is 4.44. The highest BCUT2D eigenvalue weighted by atomic mass is 79.9. The first-order valence-corrected chi connectivity index (χ1v) is 7.71. The molecular weight excluding hydrogens is 354 g/mol. The molecule has 0 spiro atoms. The number of amides is 1. The quantitative estimate of drug-likeness (QED) is 0.787. The minimum atomic E-state index is -0.0316. The Labute approximate surface area is 137 Å². The molecule has 0 saturated carbocycles. The lowest BCUT2D eigenvalue weighted by Crippen LogP contribution is -2.29. The molecule has 0 bridgehead atoms. The van der Waals surface area contributed by atoms with E-state index in [1.807, 2.05) is 36.4 Å². The lowest BCUT2D eigenvalue weighted by molar-refractivity contribution is -0.120. The first-order valence-electron chi connectivity index (χ1n) is 6.53. The van der Waals surface area contributed by atoms with Crippen LogP contribution in [-0.4, -0.2) is 19.1 Å². The average Bonchev–Trinajstić information content (AvgIpc) is 2.45. The standard InChI is InChI=1S/C16H15BrClNO2/c17-13-5-3-4-12(10-13)11-16(20)19-8-9-21-15-7-2-1-6-14(15)18/h1-7,10H,8-9,11H2,(H,19,20). The molecular formula is C16H15BrClNO2. The topological polar surface area (TPSA) is 38.3 Å². The fraction of sp³-hybridized carbons (Fsp3) is 0.188. The van der Waals surface area contributed by atoms with Gasteiger partial charge in [0.1, 0.15) is 12.4 Å². The number of rotatable bonds is 6. The third-order valence-electron chi connectivity index (χ3n) is 2.77. The van der Waals surface area contributed by atoms with E-state index in [2.05, 4.69) is 21.2 Å². The average molecular weight is 369 g/mol. The summed E-state index contributed by atoms with van der Waals surface area (Å²) in [6.45, 7) is 0.825. The highest BCUT2D eigenvalue weighted by molar-refractivity contribution is 9.10. The molecule has 3 nitrogen and oxygen atoms in total. The molecule has 0 aliphatic heterocycles. The van der Waals surface area contributed by atoms with Crippen LogP contribution in [0.5, 0.6) is 5.75 Å². The molecule has 0 atom stereocenters. The van der Waals surface area contributed by atoms with Crippen LogP contribution in [0, 0.1) is 0 Å². The summed E-state index contributed by atoms with van der Waals surface area (Å²) in [4.78, 5) is 11.8. The van der Waals surface area contributed by atoms with Gasteiger partial charge < -0.3 is 10.1 Å². The molecule has 0 unspecified atom stereocenters. The smallest absolute Gasteiger partial charge is 0.224 e. The number of para-hydroxylation sites is 1. The SMILES string of the molecule is O=C(Cc1cccc(Br)c1)NCCOc1ccccc1Cl. The Hall–Kier alpha value is -1.52. The predicted molar refractivity (Wildman–Crippen MR) is 87.8 cm³/mol. The molecule has 5 heteroatoms. The van der Waals surface area contributed by atoms with Crippen molar-refractivity contribution in [3.63, 3.8) is 0 Å². The molecule has 0 aromatic heterocycles. The number of nitrogens with one attached hydrogen (secondary N) is 1. The highest BCUT2D eigenvalue weighted by Gasteiger charge is 2.04. The summed E-state index contributed by atoms with van der Waals surface area (Å²) in [7, 11) is 0. The zero-order valence-electron chi connectivity index (χ0n) is 11.3. The van der Waals surface area contributed by atoms with Crippen LogP contribution in [0.4, 0.5) is 0 Å². The Morgan fingerprint density at radius 3 is 2.76 bits per heavy atom. The number of hydrogen-bond acceptors (Lipinski definition) is 2. The molecule has 0 saturated heterocycles. The maximum absolute atomic E-state index is 11.8. The van der Waals surface area contributed by atoms with Crippen LogP contribution in [0.1, 0.15) is 5.56 Å².